The minimum atomic E-state index is -1.12. The number of hydrogen-bond donors (Lipinski definition) is 2. The van der Waals surface area contributed by atoms with Crippen LogP contribution in [0.5, 0.6) is 5.75 Å². The van der Waals surface area contributed by atoms with E-state index in [1.807, 2.05) is 56.3 Å². The zero-order chi connectivity index (χ0) is 21.5. The minimum Gasteiger partial charge on any atom is -0.487 e. The number of nitrogens with zero attached hydrogens (tertiary/aromatic N) is 2. The Hall–Kier alpha value is -2.57. The van der Waals surface area contributed by atoms with Gasteiger partial charge in [0.25, 0.3) is 5.91 Å². The fourth-order valence-electron chi connectivity index (χ4n) is 4.35. The van der Waals surface area contributed by atoms with Crippen molar-refractivity contribution in [3.8, 4) is 16.9 Å². The van der Waals surface area contributed by atoms with Gasteiger partial charge in [-0.05, 0) is 62.1 Å². The van der Waals surface area contributed by atoms with Crippen LogP contribution >= 0.6 is 11.6 Å². The number of amides is 1. The summed E-state index contributed by atoms with van der Waals surface area (Å²) in [6, 6.07) is 13.4. The van der Waals surface area contributed by atoms with Gasteiger partial charge in [0.2, 0.25) is 0 Å². The molecule has 158 valence electrons. The van der Waals surface area contributed by atoms with Crippen LogP contribution in [-0.4, -0.2) is 40.6 Å². The van der Waals surface area contributed by atoms with Gasteiger partial charge in [0.15, 0.2) is 11.5 Å². The largest absolute Gasteiger partial charge is 0.487 e. The fraction of sp³-hybridized carbons (Fsp3) is 0.391. The maximum Gasteiger partial charge on any atom is 0.262 e. The third-order valence-electron chi connectivity index (χ3n) is 5.62. The highest BCUT2D eigenvalue weighted by atomic mass is 35.5. The lowest BCUT2D eigenvalue weighted by Gasteiger charge is -2.41. The van der Waals surface area contributed by atoms with E-state index in [1.54, 1.807) is 0 Å². The van der Waals surface area contributed by atoms with Crippen molar-refractivity contribution in [3.05, 3.63) is 53.1 Å². The monoisotopic (exact) mass is 427 g/mol. The predicted octanol–water partition coefficient (Wildman–Crippen LogP) is 3.69. The second-order valence-corrected chi connectivity index (χ2v) is 8.91. The van der Waals surface area contributed by atoms with Crippen molar-refractivity contribution in [2.24, 2.45) is 10.7 Å². The van der Waals surface area contributed by atoms with Crippen LogP contribution in [0.15, 0.2) is 47.5 Å². The molecule has 1 unspecified atom stereocenters. The van der Waals surface area contributed by atoms with Gasteiger partial charge < -0.3 is 15.6 Å². The summed E-state index contributed by atoms with van der Waals surface area (Å²) in [5, 5.41) is 9.73. The second-order valence-electron chi connectivity index (χ2n) is 8.48. The average molecular weight is 428 g/mol. The Bertz CT molecular complexity index is 1020. The first-order chi connectivity index (χ1) is 14.3. The molecule has 0 bridgehead atoms. The van der Waals surface area contributed by atoms with Gasteiger partial charge in [-0.3, -0.25) is 9.69 Å². The quantitative estimate of drug-likeness (QED) is 0.712. The van der Waals surface area contributed by atoms with Gasteiger partial charge in [0.05, 0.1) is 0 Å². The van der Waals surface area contributed by atoms with Crippen LogP contribution < -0.4 is 10.5 Å². The maximum absolute atomic E-state index is 13.6. The van der Waals surface area contributed by atoms with Gasteiger partial charge in [-0.15, -0.1) is 0 Å². The first kappa shape index (κ1) is 20.7. The van der Waals surface area contributed by atoms with Gasteiger partial charge in [0, 0.05) is 30.2 Å². The summed E-state index contributed by atoms with van der Waals surface area (Å²) in [5.74, 6) is 0.715. The Kier molecular flexibility index (Phi) is 5.24. The zero-order valence-corrected chi connectivity index (χ0v) is 17.9. The average Bonchev–Trinajstić information content (AvgIpc) is 2.91. The van der Waals surface area contributed by atoms with Crippen LogP contribution in [0.1, 0.15) is 38.7 Å². The predicted molar refractivity (Wildman–Crippen MR) is 118 cm³/mol. The van der Waals surface area contributed by atoms with Crippen LogP contribution in [0.3, 0.4) is 0 Å². The number of carbonyl (C=O) groups excluding carboxylic acids is 1. The van der Waals surface area contributed by atoms with Crippen molar-refractivity contribution in [2.45, 2.75) is 44.2 Å². The topological polar surface area (TPSA) is 88.1 Å². The SMILES string of the molecule is CC1(C)CC2(N=C(N)N(CCCCO)C2=O)c2cc(-c3cccc(Cl)c3)ccc2O1. The lowest BCUT2D eigenvalue weighted by Crippen LogP contribution is -2.50. The molecule has 1 spiro atoms. The molecule has 2 aliphatic rings. The number of hydrogen-bond acceptors (Lipinski definition) is 5. The lowest BCUT2D eigenvalue weighted by atomic mass is 9.77. The Morgan fingerprint density at radius 1 is 1.20 bits per heavy atom. The van der Waals surface area contributed by atoms with Crippen molar-refractivity contribution >= 4 is 23.5 Å². The third-order valence-corrected chi connectivity index (χ3v) is 5.86. The second kappa shape index (κ2) is 7.60. The first-order valence-electron chi connectivity index (χ1n) is 10.1. The summed E-state index contributed by atoms with van der Waals surface area (Å²) < 4.78 is 6.20. The summed E-state index contributed by atoms with van der Waals surface area (Å²) in [5.41, 5.74) is 7.11. The number of halogens is 1. The first-order valence-corrected chi connectivity index (χ1v) is 10.5. The van der Waals surface area contributed by atoms with Gasteiger partial charge in [-0.2, -0.15) is 0 Å². The van der Waals surface area contributed by atoms with E-state index in [0.29, 0.717) is 36.6 Å². The van der Waals surface area contributed by atoms with Gasteiger partial charge >= 0.3 is 0 Å². The molecule has 7 heteroatoms. The molecule has 1 amide bonds. The third kappa shape index (κ3) is 3.55. The number of nitrogens with two attached hydrogens (primary N) is 1. The van der Waals surface area contributed by atoms with Crippen molar-refractivity contribution < 1.29 is 14.6 Å². The number of aliphatic hydroxyl groups is 1. The van der Waals surface area contributed by atoms with E-state index in [9.17, 15) is 4.79 Å². The maximum atomic E-state index is 13.6. The van der Waals surface area contributed by atoms with Crippen molar-refractivity contribution in [3.63, 3.8) is 0 Å². The molecule has 1 atom stereocenters. The van der Waals surface area contributed by atoms with E-state index in [2.05, 4.69) is 0 Å². The van der Waals surface area contributed by atoms with Crippen LogP contribution in [0.4, 0.5) is 0 Å². The van der Waals surface area contributed by atoms with Gasteiger partial charge in [-0.25, -0.2) is 4.99 Å². The molecular formula is C23H26ClN3O3. The number of aliphatic imine (C=N–C) groups is 1. The number of guanidine groups is 1. The molecule has 4 rings (SSSR count). The van der Waals surface area contributed by atoms with E-state index >= 15 is 0 Å². The number of carbonyl (C=O) groups is 1. The number of rotatable bonds is 5. The van der Waals surface area contributed by atoms with Gasteiger partial charge in [-0.1, -0.05) is 29.8 Å². The lowest BCUT2D eigenvalue weighted by molar-refractivity contribution is -0.134. The van der Waals surface area contributed by atoms with Crippen LogP contribution in [0, 0.1) is 0 Å². The zero-order valence-electron chi connectivity index (χ0n) is 17.2. The highest BCUT2D eigenvalue weighted by Gasteiger charge is 2.56. The summed E-state index contributed by atoms with van der Waals surface area (Å²) >= 11 is 6.18. The molecule has 0 aromatic heterocycles. The van der Waals surface area contributed by atoms with E-state index in [0.717, 1.165) is 16.7 Å². The molecule has 2 aromatic rings. The standard InChI is InChI=1S/C23H26ClN3O3/c1-22(2)14-23(20(29)27(21(25)26-23)10-3-4-11-28)18-13-16(8-9-19(18)30-22)15-6-5-7-17(24)12-15/h5-9,12-13,28H,3-4,10-11,14H2,1-2H3,(H2,25,26). The molecule has 2 aliphatic heterocycles. The molecule has 2 heterocycles. The number of ether oxygens (including phenoxy) is 1. The number of fused-ring (bicyclic) bond motifs is 2. The fourth-order valence-corrected chi connectivity index (χ4v) is 4.54. The van der Waals surface area contributed by atoms with E-state index in [4.69, 9.17) is 32.2 Å². The minimum absolute atomic E-state index is 0.0803. The molecule has 2 aromatic carbocycles. The Morgan fingerprint density at radius 2 is 1.97 bits per heavy atom. The van der Waals surface area contributed by atoms with Crippen molar-refractivity contribution in [1.82, 2.24) is 4.90 Å². The number of unbranched alkanes of at least 4 members (excludes halogenated alkanes) is 1. The molecule has 0 aliphatic carbocycles. The molecular weight excluding hydrogens is 402 g/mol. The molecule has 0 saturated carbocycles. The van der Waals surface area contributed by atoms with Gasteiger partial charge in [0.1, 0.15) is 11.4 Å². The molecule has 0 fully saturated rings. The summed E-state index contributed by atoms with van der Waals surface area (Å²) in [6.07, 6.45) is 1.65. The van der Waals surface area contributed by atoms with Crippen molar-refractivity contribution in [2.75, 3.05) is 13.2 Å². The Morgan fingerprint density at radius 3 is 2.70 bits per heavy atom. The smallest absolute Gasteiger partial charge is 0.262 e. The van der Waals surface area contributed by atoms with E-state index < -0.39 is 11.1 Å². The molecule has 0 saturated heterocycles. The molecule has 3 N–H and O–H groups in total. The summed E-state index contributed by atoms with van der Waals surface area (Å²) in [7, 11) is 0. The Labute approximate surface area is 181 Å². The highest BCUT2D eigenvalue weighted by Crippen LogP contribution is 2.50. The normalized spacial score (nSPS) is 22.1. The number of benzene rings is 2. The number of aliphatic hydroxyl groups excluding tert-OH is 1. The molecule has 6 nitrogen and oxygen atoms in total. The highest BCUT2D eigenvalue weighted by molar-refractivity contribution is 6.30. The van der Waals surface area contributed by atoms with E-state index in [-0.39, 0.29) is 18.5 Å². The van der Waals surface area contributed by atoms with Crippen LogP contribution in [-0.2, 0) is 10.3 Å². The summed E-state index contributed by atoms with van der Waals surface area (Å²) in [6.45, 7) is 4.42. The van der Waals surface area contributed by atoms with Crippen LogP contribution in [0.25, 0.3) is 11.1 Å². The Balaban J connectivity index is 1.80. The summed E-state index contributed by atoms with van der Waals surface area (Å²) in [4.78, 5) is 19.9. The van der Waals surface area contributed by atoms with Crippen molar-refractivity contribution in [1.29, 1.82) is 0 Å². The molecule has 0 radical (unpaired) electrons. The van der Waals surface area contributed by atoms with Crippen LogP contribution in [0.2, 0.25) is 5.02 Å². The van der Waals surface area contributed by atoms with E-state index in [1.165, 1.54) is 4.90 Å². The molecule has 30 heavy (non-hydrogen) atoms.